The normalized spacial score (nSPS) is 18.9. The fraction of sp³-hybridized carbons (Fsp3) is 0.300. The van der Waals surface area contributed by atoms with Crippen LogP contribution in [0.3, 0.4) is 0 Å². The van der Waals surface area contributed by atoms with Gasteiger partial charge in [0.2, 0.25) is 5.91 Å². The second-order valence-electron chi connectivity index (χ2n) is 6.76. The number of nitrogens with one attached hydrogen (secondary N) is 1. The molecule has 1 aliphatic carbocycles. The average Bonchev–Trinajstić information content (AvgIpc) is 3.45. The largest absolute Gasteiger partial charge is 0.479 e. The predicted octanol–water partition coefficient (Wildman–Crippen LogP) is 4.00. The highest BCUT2D eigenvalue weighted by Crippen LogP contribution is 2.38. The Morgan fingerprint density at radius 3 is 2.81 bits per heavy atom. The van der Waals surface area contributed by atoms with Crippen LogP contribution in [0, 0.1) is 5.92 Å². The van der Waals surface area contributed by atoms with E-state index in [1.165, 1.54) is 0 Å². The third kappa shape index (κ3) is 3.40. The summed E-state index contributed by atoms with van der Waals surface area (Å²) in [5.74, 6) is 0.654. The van der Waals surface area contributed by atoms with Gasteiger partial charge in [-0.1, -0.05) is 23.7 Å². The highest BCUT2D eigenvalue weighted by molar-refractivity contribution is 6.30. The zero-order valence-electron chi connectivity index (χ0n) is 14.4. The molecule has 1 heterocycles. The van der Waals surface area contributed by atoms with Crippen LogP contribution in [-0.4, -0.2) is 17.9 Å². The van der Waals surface area contributed by atoms with E-state index in [1.807, 2.05) is 18.2 Å². The monoisotopic (exact) mass is 370 g/mol. The van der Waals surface area contributed by atoms with Gasteiger partial charge in [-0.05, 0) is 55.7 Å². The highest BCUT2D eigenvalue weighted by atomic mass is 35.5. The van der Waals surface area contributed by atoms with Crippen molar-refractivity contribution in [2.75, 3.05) is 10.2 Å². The zero-order valence-corrected chi connectivity index (χ0v) is 15.1. The first-order valence-electron chi connectivity index (χ1n) is 8.68. The fourth-order valence-corrected chi connectivity index (χ4v) is 3.27. The molecule has 1 aliphatic heterocycles. The third-order valence-electron chi connectivity index (χ3n) is 4.61. The van der Waals surface area contributed by atoms with Gasteiger partial charge in [-0.2, -0.15) is 0 Å². The number of anilines is 2. The van der Waals surface area contributed by atoms with E-state index in [0.29, 0.717) is 28.7 Å². The number of carbonyl (C=O) groups excluding carboxylic acids is 2. The van der Waals surface area contributed by atoms with Gasteiger partial charge in [0.05, 0.1) is 12.2 Å². The van der Waals surface area contributed by atoms with E-state index in [2.05, 4.69) is 5.32 Å². The molecule has 2 amide bonds. The van der Waals surface area contributed by atoms with Crippen LogP contribution in [0.1, 0.15) is 25.3 Å². The molecule has 6 heteroatoms. The molecule has 1 fully saturated rings. The van der Waals surface area contributed by atoms with Crippen molar-refractivity contribution in [2.24, 2.45) is 5.92 Å². The van der Waals surface area contributed by atoms with E-state index in [1.54, 1.807) is 36.1 Å². The van der Waals surface area contributed by atoms with Crippen molar-refractivity contribution in [1.82, 2.24) is 0 Å². The lowest BCUT2D eigenvalue weighted by Gasteiger charge is -2.33. The average molecular weight is 371 g/mol. The van der Waals surface area contributed by atoms with Gasteiger partial charge < -0.3 is 15.0 Å². The number of rotatable bonds is 4. The number of ether oxygens (including phenoxy) is 1. The highest BCUT2D eigenvalue weighted by Gasteiger charge is 2.33. The van der Waals surface area contributed by atoms with Crippen molar-refractivity contribution in [1.29, 1.82) is 0 Å². The molecule has 0 aromatic heterocycles. The standard InChI is InChI=1S/C20H19ClN2O3/c1-12-20(25)23(11-13-3-2-4-15(21)9-13)17-10-16(7-8-18(17)26-12)22-19(24)14-5-6-14/h2-4,7-10,12,14H,5-6,11H2,1H3,(H,22,24). The van der Waals surface area contributed by atoms with Crippen molar-refractivity contribution in [3.8, 4) is 5.75 Å². The first-order valence-corrected chi connectivity index (χ1v) is 9.06. The first-order chi connectivity index (χ1) is 12.5. The molecule has 2 aromatic rings. The van der Waals surface area contributed by atoms with Gasteiger partial charge in [0.1, 0.15) is 5.75 Å². The first kappa shape index (κ1) is 16.9. The summed E-state index contributed by atoms with van der Waals surface area (Å²) in [7, 11) is 0. The van der Waals surface area contributed by atoms with Crippen LogP contribution in [0.2, 0.25) is 5.02 Å². The van der Waals surface area contributed by atoms with Gasteiger partial charge in [0.25, 0.3) is 5.91 Å². The van der Waals surface area contributed by atoms with Crippen molar-refractivity contribution in [2.45, 2.75) is 32.4 Å². The van der Waals surface area contributed by atoms with Crippen LogP contribution in [-0.2, 0) is 16.1 Å². The van der Waals surface area contributed by atoms with E-state index >= 15 is 0 Å². The van der Waals surface area contributed by atoms with Gasteiger partial charge >= 0.3 is 0 Å². The van der Waals surface area contributed by atoms with E-state index < -0.39 is 6.10 Å². The molecule has 134 valence electrons. The molecular formula is C20H19ClN2O3. The molecule has 2 aromatic carbocycles. The summed E-state index contributed by atoms with van der Waals surface area (Å²) in [4.78, 5) is 26.4. The van der Waals surface area contributed by atoms with Crippen LogP contribution in [0.15, 0.2) is 42.5 Å². The molecule has 26 heavy (non-hydrogen) atoms. The Morgan fingerprint density at radius 2 is 2.08 bits per heavy atom. The summed E-state index contributed by atoms with van der Waals surface area (Å²) in [5.41, 5.74) is 2.25. The number of nitrogens with zero attached hydrogens (tertiary/aromatic N) is 1. The molecule has 1 saturated carbocycles. The quantitative estimate of drug-likeness (QED) is 0.884. The predicted molar refractivity (Wildman–Crippen MR) is 101 cm³/mol. The van der Waals surface area contributed by atoms with Gasteiger partial charge in [0.15, 0.2) is 6.10 Å². The van der Waals surface area contributed by atoms with Gasteiger partial charge in [0, 0.05) is 16.6 Å². The summed E-state index contributed by atoms with van der Waals surface area (Å²) in [6, 6.07) is 12.8. The molecule has 0 bridgehead atoms. The van der Waals surface area contributed by atoms with Crippen LogP contribution >= 0.6 is 11.6 Å². The topological polar surface area (TPSA) is 58.6 Å². The van der Waals surface area contributed by atoms with Gasteiger partial charge in [-0.15, -0.1) is 0 Å². The van der Waals surface area contributed by atoms with Crippen LogP contribution < -0.4 is 15.0 Å². The number of benzene rings is 2. The minimum absolute atomic E-state index is 0.0303. The van der Waals surface area contributed by atoms with Gasteiger partial charge in [-0.25, -0.2) is 0 Å². The number of carbonyl (C=O) groups is 2. The second-order valence-corrected chi connectivity index (χ2v) is 7.20. The summed E-state index contributed by atoms with van der Waals surface area (Å²) in [6.07, 6.45) is 1.32. The number of fused-ring (bicyclic) bond motifs is 1. The Kier molecular flexibility index (Phi) is 4.32. The molecule has 1 atom stereocenters. The van der Waals surface area contributed by atoms with Crippen LogP contribution in [0.25, 0.3) is 0 Å². The molecule has 4 rings (SSSR count). The maximum absolute atomic E-state index is 12.7. The van der Waals surface area contributed by atoms with Crippen LogP contribution in [0.5, 0.6) is 5.75 Å². The van der Waals surface area contributed by atoms with E-state index in [-0.39, 0.29) is 17.7 Å². The molecule has 5 nitrogen and oxygen atoms in total. The second kappa shape index (κ2) is 6.65. The Balaban J connectivity index is 1.65. The Morgan fingerprint density at radius 1 is 1.27 bits per heavy atom. The van der Waals surface area contributed by atoms with E-state index in [0.717, 1.165) is 18.4 Å². The smallest absolute Gasteiger partial charge is 0.268 e. The number of halogens is 1. The summed E-state index contributed by atoms with van der Waals surface area (Å²) in [5, 5.41) is 3.55. The summed E-state index contributed by atoms with van der Waals surface area (Å²) in [6.45, 7) is 2.12. The molecular weight excluding hydrogens is 352 g/mol. The fourth-order valence-electron chi connectivity index (χ4n) is 3.06. The molecule has 0 radical (unpaired) electrons. The van der Waals surface area contributed by atoms with E-state index in [9.17, 15) is 9.59 Å². The number of hydrogen-bond acceptors (Lipinski definition) is 3. The lowest BCUT2D eigenvalue weighted by atomic mass is 10.1. The maximum Gasteiger partial charge on any atom is 0.268 e. The number of hydrogen-bond donors (Lipinski definition) is 1. The van der Waals surface area contributed by atoms with Gasteiger partial charge in [-0.3, -0.25) is 9.59 Å². The minimum atomic E-state index is -0.561. The molecule has 0 saturated heterocycles. The van der Waals surface area contributed by atoms with Crippen molar-refractivity contribution in [3.05, 3.63) is 53.1 Å². The van der Waals surface area contributed by atoms with Crippen molar-refractivity contribution < 1.29 is 14.3 Å². The molecule has 1 N–H and O–H groups in total. The SMILES string of the molecule is CC1Oc2ccc(NC(=O)C3CC3)cc2N(Cc2cccc(Cl)c2)C1=O. The minimum Gasteiger partial charge on any atom is -0.479 e. The van der Waals surface area contributed by atoms with Crippen LogP contribution in [0.4, 0.5) is 11.4 Å². The number of amides is 2. The lowest BCUT2D eigenvalue weighted by molar-refractivity contribution is -0.125. The molecule has 0 spiro atoms. The third-order valence-corrected chi connectivity index (χ3v) is 4.85. The summed E-state index contributed by atoms with van der Waals surface area (Å²) >= 11 is 6.07. The Labute approximate surface area is 156 Å². The summed E-state index contributed by atoms with van der Waals surface area (Å²) < 4.78 is 5.73. The zero-order chi connectivity index (χ0) is 18.3. The molecule has 2 aliphatic rings. The van der Waals surface area contributed by atoms with E-state index in [4.69, 9.17) is 16.3 Å². The maximum atomic E-state index is 12.7. The Bertz CT molecular complexity index is 879. The Hall–Kier alpha value is -2.53. The van der Waals surface area contributed by atoms with Crippen molar-refractivity contribution >= 4 is 34.8 Å². The molecule has 1 unspecified atom stereocenters. The van der Waals surface area contributed by atoms with Crippen molar-refractivity contribution in [3.63, 3.8) is 0 Å². The lowest BCUT2D eigenvalue weighted by Crippen LogP contribution is -2.44.